The van der Waals surface area contributed by atoms with Crippen LogP contribution in [0.4, 0.5) is 10.5 Å². The Balaban J connectivity index is 2.62. The van der Waals surface area contributed by atoms with Crippen LogP contribution in [0, 0.1) is 0 Å². The number of benzene rings is 1. The van der Waals surface area contributed by atoms with Gasteiger partial charge in [-0.1, -0.05) is 6.07 Å². The maximum atomic E-state index is 11.7. The zero-order valence-corrected chi connectivity index (χ0v) is 11.3. The summed E-state index contributed by atoms with van der Waals surface area (Å²) in [7, 11) is 3.13. The summed E-state index contributed by atoms with van der Waals surface area (Å²) in [6.45, 7) is 2.27. The smallest absolute Gasteiger partial charge is 0.319 e. The molecule has 0 aliphatic heterocycles. The topological polar surface area (TPSA) is 79.5 Å². The molecular weight excluding hydrogens is 246 g/mol. The second-order valence-electron chi connectivity index (χ2n) is 4.11. The SMILES string of the molecule is CNC(=O)c1cccc(NC(=O)NC(C)COC)c1. The Kier molecular flexibility index (Phi) is 5.81. The van der Waals surface area contributed by atoms with Crippen molar-refractivity contribution in [3.05, 3.63) is 29.8 Å². The minimum atomic E-state index is -0.335. The molecular formula is C13H19N3O3. The van der Waals surface area contributed by atoms with E-state index in [1.165, 1.54) is 0 Å². The van der Waals surface area contributed by atoms with Crippen LogP contribution in [0.15, 0.2) is 24.3 Å². The summed E-state index contributed by atoms with van der Waals surface area (Å²) in [5.74, 6) is -0.197. The highest BCUT2D eigenvalue weighted by Crippen LogP contribution is 2.10. The predicted molar refractivity (Wildman–Crippen MR) is 73.3 cm³/mol. The van der Waals surface area contributed by atoms with Crippen LogP contribution in [0.5, 0.6) is 0 Å². The first-order valence-electron chi connectivity index (χ1n) is 5.95. The summed E-state index contributed by atoms with van der Waals surface area (Å²) in [6, 6.07) is 6.28. The Morgan fingerprint density at radius 2 is 2.11 bits per heavy atom. The maximum Gasteiger partial charge on any atom is 0.319 e. The average Bonchev–Trinajstić information content (AvgIpc) is 2.38. The first kappa shape index (κ1) is 15.0. The summed E-state index contributed by atoms with van der Waals surface area (Å²) in [5, 5.41) is 7.91. The number of carbonyl (C=O) groups excluding carboxylic acids is 2. The van der Waals surface area contributed by atoms with E-state index in [1.54, 1.807) is 38.4 Å². The molecule has 0 saturated carbocycles. The Morgan fingerprint density at radius 3 is 2.74 bits per heavy atom. The van der Waals surface area contributed by atoms with Gasteiger partial charge in [0.05, 0.1) is 12.6 Å². The molecule has 0 saturated heterocycles. The first-order valence-corrected chi connectivity index (χ1v) is 5.95. The fourth-order valence-corrected chi connectivity index (χ4v) is 1.57. The van der Waals surface area contributed by atoms with Crippen molar-refractivity contribution in [1.29, 1.82) is 0 Å². The quantitative estimate of drug-likeness (QED) is 0.748. The van der Waals surface area contributed by atoms with E-state index >= 15 is 0 Å². The standard InChI is InChI=1S/C13H19N3O3/c1-9(8-19-3)15-13(18)16-11-6-4-5-10(7-11)12(17)14-2/h4-7,9H,8H2,1-3H3,(H,14,17)(H2,15,16,18). The van der Waals surface area contributed by atoms with Crippen molar-refractivity contribution in [2.45, 2.75) is 13.0 Å². The Hall–Kier alpha value is -2.08. The zero-order valence-electron chi connectivity index (χ0n) is 11.3. The van der Waals surface area contributed by atoms with Gasteiger partial charge in [-0.25, -0.2) is 4.79 Å². The van der Waals surface area contributed by atoms with Gasteiger partial charge in [-0.3, -0.25) is 4.79 Å². The normalized spacial score (nSPS) is 11.5. The molecule has 0 fully saturated rings. The summed E-state index contributed by atoms with van der Waals surface area (Å²) < 4.78 is 4.92. The molecule has 0 aliphatic rings. The lowest BCUT2D eigenvalue weighted by molar-refractivity contribution is 0.0963. The summed E-state index contributed by atoms with van der Waals surface area (Å²) in [6.07, 6.45) is 0. The molecule has 104 valence electrons. The van der Waals surface area contributed by atoms with Crippen molar-refractivity contribution < 1.29 is 14.3 Å². The highest BCUT2D eigenvalue weighted by Gasteiger charge is 2.08. The third-order valence-corrected chi connectivity index (χ3v) is 2.40. The lowest BCUT2D eigenvalue weighted by Crippen LogP contribution is -2.38. The number of rotatable bonds is 5. The van der Waals surface area contributed by atoms with Gasteiger partial charge >= 0.3 is 6.03 Å². The molecule has 1 aromatic rings. The van der Waals surface area contributed by atoms with Gasteiger partial charge in [0.25, 0.3) is 5.91 Å². The van der Waals surface area contributed by atoms with E-state index in [1.807, 2.05) is 6.92 Å². The van der Waals surface area contributed by atoms with E-state index in [0.717, 1.165) is 0 Å². The van der Waals surface area contributed by atoms with Crippen molar-refractivity contribution in [3.8, 4) is 0 Å². The number of methoxy groups -OCH3 is 1. The third kappa shape index (κ3) is 4.97. The number of nitrogens with one attached hydrogen (secondary N) is 3. The highest BCUT2D eigenvalue weighted by atomic mass is 16.5. The van der Waals surface area contributed by atoms with E-state index in [2.05, 4.69) is 16.0 Å². The molecule has 6 nitrogen and oxygen atoms in total. The third-order valence-electron chi connectivity index (χ3n) is 2.40. The van der Waals surface area contributed by atoms with E-state index in [9.17, 15) is 9.59 Å². The van der Waals surface area contributed by atoms with E-state index in [4.69, 9.17) is 4.74 Å². The molecule has 19 heavy (non-hydrogen) atoms. The number of hydrogen-bond donors (Lipinski definition) is 3. The van der Waals surface area contributed by atoms with Crippen molar-refractivity contribution in [1.82, 2.24) is 10.6 Å². The largest absolute Gasteiger partial charge is 0.383 e. The van der Waals surface area contributed by atoms with Crippen LogP contribution in [0.1, 0.15) is 17.3 Å². The highest BCUT2D eigenvalue weighted by molar-refractivity contribution is 5.96. The summed E-state index contributed by atoms with van der Waals surface area (Å²) in [4.78, 5) is 23.1. The minimum Gasteiger partial charge on any atom is -0.383 e. The maximum absolute atomic E-state index is 11.7. The van der Waals surface area contributed by atoms with Gasteiger partial charge in [-0.15, -0.1) is 0 Å². The van der Waals surface area contributed by atoms with Crippen LogP contribution in [0.2, 0.25) is 0 Å². The Morgan fingerprint density at radius 1 is 1.37 bits per heavy atom. The van der Waals surface area contributed by atoms with Gasteiger partial charge in [0.2, 0.25) is 0 Å². The van der Waals surface area contributed by atoms with Crippen molar-refractivity contribution in [2.75, 3.05) is 26.1 Å². The monoisotopic (exact) mass is 265 g/mol. The van der Waals surface area contributed by atoms with Gasteiger partial charge in [0.15, 0.2) is 0 Å². The van der Waals surface area contributed by atoms with Crippen LogP contribution in [-0.2, 0) is 4.74 Å². The van der Waals surface area contributed by atoms with Gasteiger partial charge < -0.3 is 20.7 Å². The molecule has 0 aromatic heterocycles. The molecule has 0 spiro atoms. The van der Waals surface area contributed by atoms with Crippen LogP contribution in [0.25, 0.3) is 0 Å². The van der Waals surface area contributed by atoms with Crippen molar-refractivity contribution in [3.63, 3.8) is 0 Å². The van der Waals surface area contributed by atoms with Crippen LogP contribution in [0.3, 0.4) is 0 Å². The van der Waals surface area contributed by atoms with Gasteiger partial charge in [0, 0.05) is 25.4 Å². The Bertz CT molecular complexity index is 449. The molecule has 0 radical (unpaired) electrons. The fourth-order valence-electron chi connectivity index (χ4n) is 1.57. The number of amides is 3. The van der Waals surface area contributed by atoms with Crippen LogP contribution in [-0.4, -0.2) is 38.7 Å². The number of hydrogen-bond acceptors (Lipinski definition) is 3. The number of anilines is 1. The average molecular weight is 265 g/mol. The molecule has 0 heterocycles. The summed E-state index contributed by atoms with van der Waals surface area (Å²) in [5.41, 5.74) is 1.05. The molecule has 6 heteroatoms. The van der Waals surface area contributed by atoms with Crippen molar-refractivity contribution in [2.24, 2.45) is 0 Å². The van der Waals surface area contributed by atoms with Gasteiger partial charge in [-0.2, -0.15) is 0 Å². The molecule has 0 aliphatic carbocycles. The predicted octanol–water partition coefficient (Wildman–Crippen LogP) is 1.20. The second-order valence-corrected chi connectivity index (χ2v) is 4.11. The Labute approximate surface area is 112 Å². The second kappa shape index (κ2) is 7.38. The molecule has 0 bridgehead atoms. The van der Waals surface area contributed by atoms with Crippen molar-refractivity contribution >= 4 is 17.6 Å². The minimum absolute atomic E-state index is 0.0906. The molecule has 3 N–H and O–H groups in total. The lowest BCUT2D eigenvalue weighted by Gasteiger charge is -2.13. The molecule has 1 unspecified atom stereocenters. The summed E-state index contributed by atoms with van der Waals surface area (Å²) >= 11 is 0. The zero-order chi connectivity index (χ0) is 14.3. The molecule has 1 aromatic carbocycles. The number of carbonyl (C=O) groups is 2. The first-order chi connectivity index (χ1) is 9.06. The molecule has 3 amide bonds. The van der Waals surface area contributed by atoms with E-state index in [-0.39, 0.29) is 18.0 Å². The lowest BCUT2D eigenvalue weighted by atomic mass is 10.2. The van der Waals surface area contributed by atoms with E-state index in [0.29, 0.717) is 17.9 Å². The number of ether oxygens (including phenoxy) is 1. The molecule has 1 rings (SSSR count). The van der Waals surface area contributed by atoms with Gasteiger partial charge in [-0.05, 0) is 25.1 Å². The molecule has 1 atom stereocenters. The van der Waals surface area contributed by atoms with Crippen LogP contribution < -0.4 is 16.0 Å². The number of urea groups is 1. The van der Waals surface area contributed by atoms with Crippen LogP contribution >= 0.6 is 0 Å². The fraction of sp³-hybridized carbons (Fsp3) is 0.385. The van der Waals surface area contributed by atoms with E-state index < -0.39 is 0 Å². The van der Waals surface area contributed by atoms with Gasteiger partial charge in [0.1, 0.15) is 0 Å².